The Balaban J connectivity index is 1.42. The molecule has 0 aliphatic rings. The lowest BCUT2D eigenvalue weighted by Gasteiger charge is -2.12. The van der Waals surface area contributed by atoms with E-state index in [1.165, 1.54) is 13.4 Å². The van der Waals surface area contributed by atoms with Crippen LogP contribution in [0.2, 0.25) is 0 Å². The fraction of sp³-hybridized carbons (Fsp3) is 0.200. The van der Waals surface area contributed by atoms with Gasteiger partial charge in [0.05, 0.1) is 32.0 Å². The summed E-state index contributed by atoms with van der Waals surface area (Å²) in [5.74, 6) is -0.208. The van der Waals surface area contributed by atoms with Gasteiger partial charge in [0.25, 0.3) is 5.56 Å². The van der Waals surface area contributed by atoms with Crippen LogP contribution in [0, 0.1) is 6.92 Å². The van der Waals surface area contributed by atoms with E-state index in [2.05, 4.69) is 15.6 Å². The highest BCUT2D eigenvalue weighted by Crippen LogP contribution is 2.21. The van der Waals surface area contributed by atoms with Gasteiger partial charge in [-0.15, -0.1) is 0 Å². The summed E-state index contributed by atoms with van der Waals surface area (Å²) < 4.78 is 6.31. The van der Waals surface area contributed by atoms with Crippen LogP contribution in [-0.2, 0) is 16.1 Å². The first-order valence-corrected chi connectivity index (χ1v) is 12.3. The highest BCUT2D eigenvalue weighted by Gasteiger charge is 2.12. The van der Waals surface area contributed by atoms with E-state index in [4.69, 9.17) is 4.74 Å². The Labute approximate surface area is 221 Å². The summed E-state index contributed by atoms with van der Waals surface area (Å²) in [6, 6.07) is 22.1. The van der Waals surface area contributed by atoms with E-state index in [0.717, 1.165) is 16.7 Å². The van der Waals surface area contributed by atoms with Gasteiger partial charge in [-0.1, -0.05) is 55.5 Å². The molecule has 8 heteroatoms. The Bertz CT molecular complexity index is 1480. The summed E-state index contributed by atoms with van der Waals surface area (Å²) in [5.41, 5.74) is 5.33. The Kier molecular flexibility index (Phi) is 8.33. The summed E-state index contributed by atoms with van der Waals surface area (Å²) >= 11 is 0. The minimum Gasteiger partial charge on any atom is -0.469 e. The van der Waals surface area contributed by atoms with Gasteiger partial charge < -0.3 is 15.4 Å². The molecule has 194 valence electrons. The maximum Gasteiger partial charge on any atom is 0.323 e. The lowest BCUT2D eigenvalue weighted by atomic mass is 9.97. The van der Waals surface area contributed by atoms with Crippen molar-refractivity contribution < 1.29 is 14.3 Å². The van der Waals surface area contributed by atoms with Crippen molar-refractivity contribution in [3.8, 4) is 11.1 Å². The van der Waals surface area contributed by atoms with Crippen LogP contribution in [0.5, 0.6) is 0 Å². The number of carbonyl (C=O) groups excluding carboxylic acids is 2. The minimum atomic E-state index is -0.349. The fourth-order valence-electron chi connectivity index (χ4n) is 4.11. The average molecular weight is 511 g/mol. The Morgan fingerprint density at radius 2 is 1.68 bits per heavy atom. The van der Waals surface area contributed by atoms with Crippen LogP contribution >= 0.6 is 0 Å². The number of hydrogen-bond donors (Lipinski definition) is 2. The van der Waals surface area contributed by atoms with Crippen LogP contribution in [0.4, 0.5) is 16.2 Å². The number of aryl methyl sites for hydroxylation is 1. The molecule has 1 aromatic heterocycles. The number of anilines is 2. The molecule has 0 saturated carbocycles. The van der Waals surface area contributed by atoms with Gasteiger partial charge in [-0.3, -0.25) is 14.2 Å². The lowest BCUT2D eigenvalue weighted by Crippen LogP contribution is -2.22. The molecular formula is C30H30N4O4. The number of rotatable bonds is 8. The maximum atomic E-state index is 13.2. The first-order chi connectivity index (χ1) is 18.3. The first kappa shape index (κ1) is 26.3. The highest BCUT2D eigenvalue weighted by molar-refractivity contribution is 5.99. The molecule has 0 aliphatic heterocycles. The molecule has 0 spiro atoms. The molecule has 38 heavy (non-hydrogen) atoms. The molecule has 3 aromatic carbocycles. The van der Waals surface area contributed by atoms with E-state index in [0.29, 0.717) is 35.5 Å². The third-order valence-corrected chi connectivity index (χ3v) is 6.23. The monoisotopic (exact) mass is 510 g/mol. The Hall–Kier alpha value is -4.72. The van der Waals surface area contributed by atoms with Crippen molar-refractivity contribution in [2.75, 3.05) is 17.7 Å². The van der Waals surface area contributed by atoms with Gasteiger partial charge in [-0.25, -0.2) is 9.78 Å². The second kappa shape index (κ2) is 12.0. The zero-order chi connectivity index (χ0) is 27.1. The molecule has 0 fully saturated rings. The van der Waals surface area contributed by atoms with Crippen molar-refractivity contribution in [3.63, 3.8) is 0 Å². The summed E-state index contributed by atoms with van der Waals surface area (Å²) in [4.78, 5) is 41.3. The van der Waals surface area contributed by atoms with Gasteiger partial charge in [0, 0.05) is 17.6 Å². The van der Waals surface area contributed by atoms with Crippen molar-refractivity contribution in [3.05, 3.63) is 112 Å². The third-order valence-electron chi connectivity index (χ3n) is 6.23. The number of hydrogen-bond acceptors (Lipinski definition) is 5. The molecular weight excluding hydrogens is 480 g/mol. The predicted molar refractivity (Wildman–Crippen MR) is 148 cm³/mol. The highest BCUT2D eigenvalue weighted by atomic mass is 16.5. The summed E-state index contributed by atoms with van der Waals surface area (Å²) in [5, 5.41) is 5.60. The number of ether oxygens (including phenoxy) is 1. The number of urea groups is 1. The minimum absolute atomic E-state index is 0.0373. The molecule has 1 unspecified atom stereocenters. The first-order valence-electron chi connectivity index (χ1n) is 12.3. The number of aromatic nitrogens is 2. The number of amides is 2. The van der Waals surface area contributed by atoms with Crippen molar-refractivity contribution in [1.29, 1.82) is 0 Å². The van der Waals surface area contributed by atoms with Crippen molar-refractivity contribution >= 4 is 23.4 Å². The number of benzene rings is 3. The SMILES string of the molecule is COC(=O)CC(C)c1ccc(Cn2cncc(-c3ccc(NC(=O)Nc4cccc(C)c4)cc3)c2=O)cc1. The normalized spacial score (nSPS) is 11.4. The molecule has 2 amide bonds. The van der Waals surface area contributed by atoms with Gasteiger partial charge in [0.1, 0.15) is 0 Å². The van der Waals surface area contributed by atoms with Gasteiger partial charge >= 0.3 is 12.0 Å². The summed E-state index contributed by atoms with van der Waals surface area (Å²) in [6.45, 7) is 4.30. The maximum absolute atomic E-state index is 13.2. The van der Waals surface area contributed by atoms with Crippen LogP contribution in [0.3, 0.4) is 0 Å². The third kappa shape index (κ3) is 6.73. The molecule has 0 aliphatic carbocycles. The van der Waals surface area contributed by atoms with Crippen LogP contribution in [0.1, 0.15) is 36.0 Å². The van der Waals surface area contributed by atoms with Crippen molar-refractivity contribution in [2.24, 2.45) is 0 Å². The van der Waals surface area contributed by atoms with Crippen LogP contribution in [0.15, 0.2) is 90.1 Å². The van der Waals surface area contributed by atoms with Crippen molar-refractivity contribution in [1.82, 2.24) is 9.55 Å². The Morgan fingerprint density at radius 1 is 0.974 bits per heavy atom. The van der Waals surface area contributed by atoms with Gasteiger partial charge in [0.15, 0.2) is 0 Å². The zero-order valence-electron chi connectivity index (χ0n) is 21.6. The molecule has 4 rings (SSSR count). The summed E-state index contributed by atoms with van der Waals surface area (Å²) in [7, 11) is 1.38. The van der Waals surface area contributed by atoms with Gasteiger partial charge in [-0.2, -0.15) is 0 Å². The number of nitrogens with zero attached hydrogens (tertiary/aromatic N) is 2. The van der Waals surface area contributed by atoms with Gasteiger partial charge in [0.2, 0.25) is 0 Å². The number of carbonyl (C=O) groups is 2. The topological polar surface area (TPSA) is 102 Å². The molecule has 2 N–H and O–H groups in total. The average Bonchev–Trinajstić information content (AvgIpc) is 2.90. The van der Waals surface area contributed by atoms with E-state index in [9.17, 15) is 14.4 Å². The van der Waals surface area contributed by atoms with E-state index in [1.54, 1.807) is 35.0 Å². The predicted octanol–water partition coefficient (Wildman–Crippen LogP) is 5.58. The molecule has 8 nitrogen and oxygen atoms in total. The quantitative estimate of drug-likeness (QED) is 0.301. The smallest absolute Gasteiger partial charge is 0.323 e. The number of nitrogens with one attached hydrogen (secondary N) is 2. The van der Waals surface area contributed by atoms with Crippen molar-refractivity contribution in [2.45, 2.75) is 32.7 Å². The largest absolute Gasteiger partial charge is 0.469 e. The summed E-state index contributed by atoms with van der Waals surface area (Å²) in [6.07, 6.45) is 3.38. The fourth-order valence-corrected chi connectivity index (χ4v) is 4.11. The van der Waals surface area contributed by atoms with Crippen LogP contribution in [0.25, 0.3) is 11.1 Å². The van der Waals surface area contributed by atoms with E-state index in [-0.39, 0.29) is 23.5 Å². The number of methoxy groups -OCH3 is 1. The van der Waals surface area contributed by atoms with Crippen LogP contribution < -0.4 is 16.2 Å². The molecule has 0 saturated heterocycles. The second-order valence-electron chi connectivity index (χ2n) is 9.19. The number of esters is 1. The van der Waals surface area contributed by atoms with E-state index >= 15 is 0 Å². The lowest BCUT2D eigenvalue weighted by molar-refractivity contribution is -0.140. The molecule has 0 radical (unpaired) electrons. The standard InChI is InChI=1S/C30H30N4O4/c1-20-5-4-6-26(15-20)33-30(37)32-25-13-11-24(12-14-25)27-17-31-19-34(29(27)36)18-22-7-9-23(10-8-22)21(2)16-28(35)38-3/h4-15,17,19,21H,16,18H2,1-3H3,(H2,32,33,37). The van der Waals surface area contributed by atoms with Gasteiger partial charge in [-0.05, 0) is 59.4 Å². The molecule has 1 atom stereocenters. The molecule has 1 heterocycles. The second-order valence-corrected chi connectivity index (χ2v) is 9.19. The molecule has 0 bridgehead atoms. The van der Waals surface area contributed by atoms with E-state index < -0.39 is 0 Å². The Morgan fingerprint density at radius 3 is 2.37 bits per heavy atom. The van der Waals surface area contributed by atoms with E-state index in [1.807, 2.05) is 62.4 Å². The van der Waals surface area contributed by atoms with Crippen LogP contribution in [-0.4, -0.2) is 28.7 Å². The zero-order valence-corrected chi connectivity index (χ0v) is 21.6. The molecule has 4 aromatic rings.